The predicted octanol–water partition coefficient (Wildman–Crippen LogP) is 2.16. The number of aromatic nitrogens is 2. The zero-order valence-electron chi connectivity index (χ0n) is 10.5. The molecule has 0 atom stereocenters. The average Bonchev–Trinajstić information content (AvgIpc) is 2.79. The quantitative estimate of drug-likeness (QED) is 0.835. The van der Waals surface area contributed by atoms with Gasteiger partial charge in [-0.15, -0.1) is 0 Å². The summed E-state index contributed by atoms with van der Waals surface area (Å²) in [6.45, 7) is 3.69. The second-order valence-electron chi connectivity index (χ2n) is 4.87. The fraction of sp³-hybridized carbons (Fsp3) is 0.429. The van der Waals surface area contributed by atoms with Crippen molar-refractivity contribution in [3.05, 3.63) is 30.1 Å². The molecule has 1 aliphatic rings. The number of piperidine rings is 1. The van der Waals surface area contributed by atoms with E-state index in [1.807, 2.05) is 18.3 Å². The van der Waals surface area contributed by atoms with Crippen LogP contribution in [0.1, 0.15) is 36.0 Å². The molecule has 1 aliphatic heterocycles. The molecule has 94 valence electrons. The summed E-state index contributed by atoms with van der Waals surface area (Å²) in [7, 11) is 0. The van der Waals surface area contributed by atoms with Crippen molar-refractivity contribution < 1.29 is 4.79 Å². The molecule has 4 heteroatoms. The van der Waals surface area contributed by atoms with E-state index in [1.54, 1.807) is 17.7 Å². The van der Waals surface area contributed by atoms with Crippen molar-refractivity contribution in [3.63, 3.8) is 0 Å². The Bertz CT molecular complexity index is 582. The van der Waals surface area contributed by atoms with Gasteiger partial charge in [-0.3, -0.25) is 14.3 Å². The highest BCUT2D eigenvalue weighted by Crippen LogP contribution is 2.31. The van der Waals surface area contributed by atoms with E-state index in [4.69, 9.17) is 0 Å². The molecule has 0 unspecified atom stereocenters. The summed E-state index contributed by atoms with van der Waals surface area (Å²) in [6.07, 6.45) is 6.02. The van der Waals surface area contributed by atoms with Gasteiger partial charge in [-0.1, -0.05) is 0 Å². The van der Waals surface area contributed by atoms with Gasteiger partial charge in [0, 0.05) is 19.3 Å². The van der Waals surface area contributed by atoms with Crippen molar-refractivity contribution in [2.75, 3.05) is 13.1 Å². The fourth-order valence-electron chi connectivity index (χ4n) is 2.78. The summed E-state index contributed by atoms with van der Waals surface area (Å²) in [5.41, 5.74) is 3.14. The zero-order chi connectivity index (χ0) is 12.5. The van der Waals surface area contributed by atoms with E-state index in [0.717, 1.165) is 37.0 Å². The van der Waals surface area contributed by atoms with Crippen LogP contribution in [0.15, 0.2) is 24.5 Å². The van der Waals surface area contributed by atoms with Crippen molar-refractivity contribution >= 4 is 16.9 Å². The highest BCUT2D eigenvalue weighted by molar-refractivity contribution is 5.91. The number of carbonyl (C=O) groups excluding carboxylic acids is 1. The maximum absolute atomic E-state index is 11.7. The molecule has 1 fully saturated rings. The normalized spacial score (nSPS) is 17.2. The van der Waals surface area contributed by atoms with E-state index in [0.29, 0.717) is 5.92 Å². The van der Waals surface area contributed by atoms with Gasteiger partial charge in [0.25, 0.3) is 0 Å². The zero-order valence-corrected chi connectivity index (χ0v) is 10.5. The number of nitrogens with one attached hydrogen (secondary N) is 1. The summed E-state index contributed by atoms with van der Waals surface area (Å²) in [5, 5.41) is 3.37. The van der Waals surface area contributed by atoms with Gasteiger partial charge in [0.2, 0.25) is 5.91 Å². The fourth-order valence-corrected chi connectivity index (χ4v) is 2.78. The summed E-state index contributed by atoms with van der Waals surface area (Å²) in [6, 6.07) is 3.85. The maximum Gasteiger partial charge on any atom is 0.228 e. The number of pyridine rings is 1. The minimum absolute atomic E-state index is 0.0492. The van der Waals surface area contributed by atoms with E-state index in [2.05, 4.69) is 10.3 Å². The summed E-state index contributed by atoms with van der Waals surface area (Å²) in [5.74, 6) is 0.567. The standard InChI is InChI=1S/C14H17N3O/c1-10(18)17-9-12(11-4-7-15-8-5-11)14-13(17)3-2-6-16-14/h2-3,6,9,11,15H,4-5,7-8H2,1H3. The van der Waals surface area contributed by atoms with Crippen molar-refractivity contribution in [3.8, 4) is 0 Å². The number of carbonyl (C=O) groups is 1. The maximum atomic E-state index is 11.7. The lowest BCUT2D eigenvalue weighted by Crippen LogP contribution is -2.26. The molecule has 0 spiro atoms. The van der Waals surface area contributed by atoms with Crippen molar-refractivity contribution in [1.29, 1.82) is 0 Å². The van der Waals surface area contributed by atoms with Crippen LogP contribution < -0.4 is 5.32 Å². The highest BCUT2D eigenvalue weighted by atomic mass is 16.1. The van der Waals surface area contributed by atoms with E-state index in [-0.39, 0.29) is 5.91 Å². The van der Waals surface area contributed by atoms with Crippen LogP contribution in [-0.4, -0.2) is 28.5 Å². The van der Waals surface area contributed by atoms with Gasteiger partial charge in [-0.05, 0) is 49.5 Å². The third-order valence-electron chi connectivity index (χ3n) is 3.71. The van der Waals surface area contributed by atoms with Gasteiger partial charge >= 0.3 is 0 Å². The smallest absolute Gasteiger partial charge is 0.228 e. The van der Waals surface area contributed by atoms with Gasteiger partial charge < -0.3 is 5.32 Å². The van der Waals surface area contributed by atoms with Gasteiger partial charge in [0.15, 0.2) is 0 Å². The van der Waals surface area contributed by atoms with Crippen LogP contribution >= 0.6 is 0 Å². The van der Waals surface area contributed by atoms with Crippen LogP contribution in [0.5, 0.6) is 0 Å². The van der Waals surface area contributed by atoms with E-state index >= 15 is 0 Å². The molecular formula is C14H17N3O. The molecule has 3 rings (SSSR count). The second-order valence-corrected chi connectivity index (χ2v) is 4.87. The summed E-state index contributed by atoms with van der Waals surface area (Å²) < 4.78 is 1.72. The van der Waals surface area contributed by atoms with Crippen LogP contribution in [0.25, 0.3) is 11.0 Å². The Morgan fingerprint density at radius 3 is 2.94 bits per heavy atom. The lowest BCUT2D eigenvalue weighted by molar-refractivity contribution is 0.0941. The lowest BCUT2D eigenvalue weighted by atomic mass is 9.91. The SMILES string of the molecule is CC(=O)n1cc(C2CCNCC2)c2ncccc21. The molecule has 2 aromatic rings. The largest absolute Gasteiger partial charge is 0.317 e. The first kappa shape index (κ1) is 11.4. The Hall–Kier alpha value is -1.68. The monoisotopic (exact) mass is 243 g/mol. The minimum atomic E-state index is 0.0492. The molecule has 18 heavy (non-hydrogen) atoms. The molecule has 0 aromatic carbocycles. The topological polar surface area (TPSA) is 46.9 Å². The van der Waals surface area contributed by atoms with Crippen molar-refractivity contribution in [2.24, 2.45) is 0 Å². The molecule has 1 N–H and O–H groups in total. The molecular weight excluding hydrogens is 226 g/mol. The van der Waals surface area contributed by atoms with E-state index in [9.17, 15) is 4.79 Å². The molecule has 1 saturated heterocycles. The third-order valence-corrected chi connectivity index (χ3v) is 3.71. The van der Waals surface area contributed by atoms with Crippen LogP contribution in [-0.2, 0) is 0 Å². The lowest BCUT2D eigenvalue weighted by Gasteiger charge is -2.21. The van der Waals surface area contributed by atoms with Crippen molar-refractivity contribution in [2.45, 2.75) is 25.7 Å². The van der Waals surface area contributed by atoms with Gasteiger partial charge in [-0.2, -0.15) is 0 Å². The molecule has 0 saturated carbocycles. The molecule has 0 bridgehead atoms. The summed E-state index contributed by atoms with van der Waals surface area (Å²) in [4.78, 5) is 16.1. The Balaban J connectivity index is 2.13. The van der Waals surface area contributed by atoms with Crippen molar-refractivity contribution in [1.82, 2.24) is 14.9 Å². The van der Waals surface area contributed by atoms with E-state index < -0.39 is 0 Å². The van der Waals surface area contributed by atoms with Crippen LogP contribution in [0.2, 0.25) is 0 Å². The van der Waals surface area contributed by atoms with Crippen LogP contribution in [0.3, 0.4) is 0 Å². The Morgan fingerprint density at radius 1 is 1.44 bits per heavy atom. The average molecular weight is 243 g/mol. The molecule has 0 aliphatic carbocycles. The number of hydrogen-bond acceptors (Lipinski definition) is 3. The number of nitrogens with zero attached hydrogens (tertiary/aromatic N) is 2. The molecule has 4 nitrogen and oxygen atoms in total. The van der Waals surface area contributed by atoms with Crippen LogP contribution in [0, 0.1) is 0 Å². The van der Waals surface area contributed by atoms with Crippen LogP contribution in [0.4, 0.5) is 0 Å². The first-order valence-corrected chi connectivity index (χ1v) is 6.45. The Morgan fingerprint density at radius 2 is 2.22 bits per heavy atom. The van der Waals surface area contributed by atoms with Gasteiger partial charge in [-0.25, -0.2) is 0 Å². The molecule has 0 radical (unpaired) electrons. The third kappa shape index (κ3) is 1.82. The number of rotatable bonds is 1. The minimum Gasteiger partial charge on any atom is -0.317 e. The van der Waals surface area contributed by atoms with Gasteiger partial charge in [0.05, 0.1) is 11.0 Å². The highest BCUT2D eigenvalue weighted by Gasteiger charge is 2.21. The predicted molar refractivity (Wildman–Crippen MR) is 70.9 cm³/mol. The first-order chi connectivity index (χ1) is 8.77. The summed E-state index contributed by atoms with van der Waals surface area (Å²) >= 11 is 0. The number of fused-ring (bicyclic) bond motifs is 1. The Labute approximate surface area is 106 Å². The molecule has 0 amide bonds. The van der Waals surface area contributed by atoms with E-state index in [1.165, 1.54) is 5.56 Å². The Kier molecular flexibility index (Phi) is 2.88. The van der Waals surface area contributed by atoms with Gasteiger partial charge in [0.1, 0.15) is 0 Å². The number of hydrogen-bond donors (Lipinski definition) is 1. The molecule has 3 heterocycles. The molecule has 2 aromatic heterocycles. The second kappa shape index (κ2) is 4.53. The first-order valence-electron chi connectivity index (χ1n) is 6.45.